The van der Waals surface area contributed by atoms with E-state index in [1.807, 2.05) is 6.08 Å². The zero-order valence-corrected chi connectivity index (χ0v) is 18.5. The van der Waals surface area contributed by atoms with Crippen LogP contribution < -0.4 is 0 Å². The Kier molecular flexibility index (Phi) is 3.02. The molecule has 7 aromatic carbocycles. The lowest BCUT2D eigenvalue weighted by molar-refractivity contribution is 0.100. The first kappa shape index (κ1) is 17.1. The number of halogens is 1. The molecule has 0 spiro atoms. The Labute approximate surface area is 191 Å². The van der Waals surface area contributed by atoms with Gasteiger partial charge in [-0.2, -0.15) is 0 Å². The van der Waals surface area contributed by atoms with Crippen LogP contribution in [0.3, 0.4) is 0 Å². The molecule has 8 rings (SSSR count). The highest BCUT2D eigenvalue weighted by Gasteiger charge is 2.25. The summed E-state index contributed by atoms with van der Waals surface area (Å²) in [5, 5.41) is 15.2. The van der Waals surface area contributed by atoms with Crippen molar-refractivity contribution < 1.29 is 4.79 Å². The Morgan fingerprint density at radius 1 is 0.594 bits per heavy atom. The first-order chi connectivity index (χ1) is 15.7. The average molecular weight is 471 g/mol. The highest BCUT2D eigenvalue weighted by molar-refractivity contribution is 9.10. The van der Waals surface area contributed by atoms with Gasteiger partial charge in [0.2, 0.25) is 0 Å². The number of alkyl halides is 1. The van der Waals surface area contributed by atoms with E-state index in [-0.39, 0.29) is 10.6 Å². The van der Waals surface area contributed by atoms with E-state index < -0.39 is 0 Å². The largest absolute Gasteiger partial charge is 0.293 e. The molecule has 0 saturated heterocycles. The highest BCUT2D eigenvalue weighted by Crippen LogP contribution is 2.47. The third-order valence-corrected chi connectivity index (χ3v) is 8.04. The smallest absolute Gasteiger partial charge is 0.180 e. The second kappa shape index (κ2) is 5.65. The van der Waals surface area contributed by atoms with Gasteiger partial charge in [-0.15, -0.1) is 0 Å². The lowest BCUT2D eigenvalue weighted by Gasteiger charge is -2.22. The molecule has 0 radical (unpaired) electrons. The van der Waals surface area contributed by atoms with Crippen LogP contribution in [0.5, 0.6) is 0 Å². The molecule has 0 saturated carbocycles. The summed E-state index contributed by atoms with van der Waals surface area (Å²) in [5.74, 6) is 0.136. The quantitative estimate of drug-likeness (QED) is 0.123. The number of Topliss-reactive ketones (excluding diaryl/α,β-unsaturated/α-hetero) is 1. The third-order valence-electron chi connectivity index (χ3n) is 7.32. The van der Waals surface area contributed by atoms with Crippen LogP contribution in [-0.4, -0.2) is 10.6 Å². The summed E-state index contributed by atoms with van der Waals surface area (Å²) in [7, 11) is 0. The van der Waals surface area contributed by atoms with Gasteiger partial charge < -0.3 is 0 Å². The number of allylic oxidation sites excluding steroid dienone is 1. The Hall–Kier alpha value is -3.49. The van der Waals surface area contributed by atoms with E-state index in [4.69, 9.17) is 0 Å². The Bertz CT molecular complexity index is 1960. The van der Waals surface area contributed by atoms with Crippen molar-refractivity contribution in [2.45, 2.75) is 4.83 Å². The van der Waals surface area contributed by atoms with Crippen molar-refractivity contribution in [2.75, 3.05) is 0 Å². The molecule has 1 aliphatic rings. The molecule has 0 amide bonds. The maximum absolute atomic E-state index is 12.9. The maximum Gasteiger partial charge on any atom is 0.180 e. The molecule has 1 atom stereocenters. The zero-order valence-electron chi connectivity index (χ0n) is 16.9. The molecule has 0 fully saturated rings. The zero-order chi connectivity index (χ0) is 21.1. The van der Waals surface area contributed by atoms with Gasteiger partial charge in [0.05, 0.1) is 4.83 Å². The average Bonchev–Trinajstić information content (AvgIpc) is 2.83. The summed E-state index contributed by atoms with van der Waals surface area (Å²) in [6.07, 6.45) is 4.07. The predicted molar refractivity (Wildman–Crippen MR) is 140 cm³/mol. The molecule has 7 aromatic rings. The van der Waals surface area contributed by atoms with Crippen LogP contribution in [0.15, 0.2) is 78.9 Å². The number of hydrogen-bond acceptors (Lipinski definition) is 1. The van der Waals surface area contributed by atoms with Gasteiger partial charge in [-0.05, 0) is 94.5 Å². The molecule has 148 valence electrons. The van der Waals surface area contributed by atoms with Gasteiger partial charge in [0, 0.05) is 5.56 Å². The van der Waals surface area contributed by atoms with Crippen molar-refractivity contribution >= 4 is 92.4 Å². The van der Waals surface area contributed by atoms with Gasteiger partial charge in [0.25, 0.3) is 0 Å². The Balaban J connectivity index is 1.69. The van der Waals surface area contributed by atoms with Gasteiger partial charge in [0.15, 0.2) is 5.78 Å². The molecule has 1 aliphatic carbocycles. The van der Waals surface area contributed by atoms with Gasteiger partial charge >= 0.3 is 0 Å². The predicted octanol–water partition coefficient (Wildman–Crippen LogP) is 8.45. The van der Waals surface area contributed by atoms with Crippen LogP contribution >= 0.6 is 15.9 Å². The lowest BCUT2D eigenvalue weighted by Crippen LogP contribution is -2.16. The van der Waals surface area contributed by atoms with Crippen molar-refractivity contribution in [1.29, 1.82) is 0 Å². The summed E-state index contributed by atoms with van der Waals surface area (Å²) < 4.78 is 0. The van der Waals surface area contributed by atoms with E-state index in [1.165, 1.54) is 59.2 Å². The number of carbonyl (C=O) groups is 1. The molecule has 0 aliphatic heterocycles. The molecular formula is C30H15BrO. The van der Waals surface area contributed by atoms with Crippen molar-refractivity contribution in [3.63, 3.8) is 0 Å². The van der Waals surface area contributed by atoms with Crippen LogP contribution in [0.25, 0.3) is 70.7 Å². The fourth-order valence-electron chi connectivity index (χ4n) is 5.96. The monoisotopic (exact) mass is 470 g/mol. The molecule has 0 bridgehead atoms. The third kappa shape index (κ3) is 1.93. The fourth-order valence-corrected chi connectivity index (χ4v) is 6.36. The standard InChI is InChI=1S/C30H15BrO/c31-25-10-9-21-23-13-19-7-5-16-11-15-3-1-2-4-20(15)22-12-18-8-6-17(14-24(21)30(25)32)27(23)29(18)28(19)26(16)22/h1-14,25H. The summed E-state index contributed by atoms with van der Waals surface area (Å²) in [6, 6.07) is 26.6. The van der Waals surface area contributed by atoms with Crippen LogP contribution in [0, 0.1) is 0 Å². The molecule has 0 heterocycles. The maximum atomic E-state index is 12.9. The first-order valence-electron chi connectivity index (χ1n) is 10.9. The van der Waals surface area contributed by atoms with E-state index in [2.05, 4.69) is 94.8 Å². The van der Waals surface area contributed by atoms with Crippen LogP contribution in [0.1, 0.15) is 15.9 Å². The summed E-state index contributed by atoms with van der Waals surface area (Å²) in [6.45, 7) is 0. The van der Waals surface area contributed by atoms with E-state index in [9.17, 15) is 4.79 Å². The molecule has 1 unspecified atom stereocenters. The fraction of sp³-hybridized carbons (Fsp3) is 0.0333. The molecule has 0 N–H and O–H groups in total. The van der Waals surface area contributed by atoms with Crippen LogP contribution in [0.2, 0.25) is 0 Å². The number of benzene rings is 7. The summed E-state index contributed by atoms with van der Waals surface area (Å²) >= 11 is 3.50. The molecule has 2 heteroatoms. The lowest BCUT2D eigenvalue weighted by atomic mass is 9.82. The number of carbonyl (C=O) groups excluding carboxylic acids is 1. The van der Waals surface area contributed by atoms with Crippen molar-refractivity contribution in [1.82, 2.24) is 0 Å². The first-order valence-corrected chi connectivity index (χ1v) is 11.8. The number of fused-ring (bicyclic) bond motifs is 4. The minimum atomic E-state index is -0.249. The number of hydrogen-bond donors (Lipinski definition) is 0. The molecule has 0 aromatic heterocycles. The Morgan fingerprint density at radius 3 is 2.00 bits per heavy atom. The van der Waals surface area contributed by atoms with E-state index in [0.29, 0.717) is 0 Å². The minimum Gasteiger partial charge on any atom is -0.293 e. The summed E-state index contributed by atoms with van der Waals surface area (Å²) in [5.41, 5.74) is 1.85. The number of ketones is 1. The van der Waals surface area contributed by atoms with Crippen molar-refractivity contribution in [2.24, 2.45) is 0 Å². The molecular weight excluding hydrogens is 456 g/mol. The normalized spacial score (nSPS) is 16.5. The van der Waals surface area contributed by atoms with Gasteiger partial charge in [0.1, 0.15) is 0 Å². The van der Waals surface area contributed by atoms with Gasteiger partial charge in [-0.25, -0.2) is 0 Å². The Morgan fingerprint density at radius 2 is 1.22 bits per heavy atom. The highest BCUT2D eigenvalue weighted by atomic mass is 79.9. The summed E-state index contributed by atoms with van der Waals surface area (Å²) in [4.78, 5) is 12.7. The SMILES string of the molecule is O=C1c2cc3ccc4cc5c6ccccc6cc6ccc7cc(c2C=CC1Br)c3c4c7c65. The number of rotatable bonds is 0. The van der Waals surface area contributed by atoms with Crippen molar-refractivity contribution in [3.05, 3.63) is 90.0 Å². The van der Waals surface area contributed by atoms with E-state index in [1.54, 1.807) is 0 Å². The molecule has 32 heavy (non-hydrogen) atoms. The van der Waals surface area contributed by atoms with E-state index in [0.717, 1.165) is 16.5 Å². The minimum absolute atomic E-state index is 0.136. The van der Waals surface area contributed by atoms with Crippen LogP contribution in [0.4, 0.5) is 0 Å². The van der Waals surface area contributed by atoms with Gasteiger partial charge in [-0.1, -0.05) is 76.6 Å². The van der Waals surface area contributed by atoms with Crippen molar-refractivity contribution in [3.8, 4) is 0 Å². The van der Waals surface area contributed by atoms with Crippen LogP contribution in [-0.2, 0) is 0 Å². The van der Waals surface area contributed by atoms with E-state index >= 15 is 0 Å². The van der Waals surface area contributed by atoms with Gasteiger partial charge in [-0.3, -0.25) is 4.79 Å². The molecule has 1 nitrogen and oxygen atoms in total. The second-order valence-electron chi connectivity index (χ2n) is 8.93. The second-order valence-corrected chi connectivity index (χ2v) is 9.92. The topological polar surface area (TPSA) is 17.1 Å².